The second kappa shape index (κ2) is 6.38. The highest BCUT2D eigenvalue weighted by molar-refractivity contribution is 5.29. The lowest BCUT2D eigenvalue weighted by molar-refractivity contribution is 0.268. The molecule has 2 rings (SSSR count). The van der Waals surface area contributed by atoms with E-state index in [9.17, 15) is 4.39 Å². The molecule has 3 heteroatoms. The first kappa shape index (κ1) is 14.3. The van der Waals surface area contributed by atoms with Crippen molar-refractivity contribution in [3.05, 3.63) is 29.6 Å². The van der Waals surface area contributed by atoms with Gasteiger partial charge in [-0.1, -0.05) is 25.8 Å². The lowest BCUT2D eigenvalue weighted by Crippen LogP contribution is -2.31. The molecule has 1 aromatic carbocycles. The molecule has 0 atom stereocenters. The normalized spacial score (nSPS) is 17.6. The van der Waals surface area contributed by atoms with Crippen molar-refractivity contribution in [1.29, 1.82) is 0 Å². The third-order valence-electron chi connectivity index (χ3n) is 4.46. The third-order valence-corrected chi connectivity index (χ3v) is 4.46. The molecular weight excluding hydrogens is 241 g/mol. The van der Waals surface area contributed by atoms with Gasteiger partial charge in [-0.25, -0.2) is 4.39 Å². The van der Waals surface area contributed by atoms with Crippen LogP contribution >= 0.6 is 0 Å². The molecule has 0 amide bonds. The quantitative estimate of drug-likeness (QED) is 0.842. The number of methoxy groups -OCH3 is 1. The summed E-state index contributed by atoms with van der Waals surface area (Å²) in [6.07, 6.45) is 6.59. The second-order valence-electron chi connectivity index (χ2n) is 5.63. The minimum atomic E-state index is -0.284. The van der Waals surface area contributed by atoms with E-state index in [2.05, 4.69) is 12.2 Å². The first-order valence-corrected chi connectivity index (χ1v) is 7.22. The van der Waals surface area contributed by atoms with Gasteiger partial charge in [-0.15, -0.1) is 0 Å². The molecule has 0 spiro atoms. The summed E-state index contributed by atoms with van der Waals surface area (Å²) in [4.78, 5) is 0. The van der Waals surface area contributed by atoms with Crippen LogP contribution in [0.5, 0.6) is 5.75 Å². The van der Waals surface area contributed by atoms with Gasteiger partial charge in [0.05, 0.1) is 7.11 Å². The van der Waals surface area contributed by atoms with Crippen LogP contribution in [0.25, 0.3) is 0 Å². The van der Waals surface area contributed by atoms with Crippen molar-refractivity contribution in [3.63, 3.8) is 0 Å². The highest BCUT2D eigenvalue weighted by Crippen LogP contribution is 2.40. The first-order chi connectivity index (χ1) is 9.19. The highest BCUT2D eigenvalue weighted by atomic mass is 19.1. The maximum Gasteiger partial charge on any atom is 0.165 e. The van der Waals surface area contributed by atoms with Gasteiger partial charge in [0.15, 0.2) is 11.6 Å². The number of hydrogen-bond acceptors (Lipinski definition) is 2. The van der Waals surface area contributed by atoms with E-state index >= 15 is 0 Å². The Balaban J connectivity index is 1.87. The van der Waals surface area contributed by atoms with Crippen molar-refractivity contribution in [2.45, 2.75) is 45.6 Å². The Morgan fingerprint density at radius 3 is 2.63 bits per heavy atom. The zero-order valence-electron chi connectivity index (χ0n) is 12.0. The van der Waals surface area contributed by atoms with E-state index in [0.29, 0.717) is 11.2 Å². The minimum Gasteiger partial charge on any atom is -0.494 e. The highest BCUT2D eigenvalue weighted by Gasteiger charge is 2.31. The van der Waals surface area contributed by atoms with E-state index in [1.807, 2.05) is 6.07 Å². The van der Waals surface area contributed by atoms with Gasteiger partial charge in [0.1, 0.15) is 0 Å². The summed E-state index contributed by atoms with van der Waals surface area (Å²) < 4.78 is 18.5. The molecule has 19 heavy (non-hydrogen) atoms. The molecule has 0 aromatic heterocycles. The molecule has 0 radical (unpaired) electrons. The SMILES string of the molecule is CCC1(CNCc2ccc(OC)c(F)c2)CCCC1. The van der Waals surface area contributed by atoms with Gasteiger partial charge in [0.25, 0.3) is 0 Å². The van der Waals surface area contributed by atoms with Crippen molar-refractivity contribution < 1.29 is 9.13 Å². The first-order valence-electron chi connectivity index (χ1n) is 7.22. The van der Waals surface area contributed by atoms with E-state index in [1.54, 1.807) is 12.1 Å². The van der Waals surface area contributed by atoms with Crippen LogP contribution in [0.15, 0.2) is 18.2 Å². The molecule has 2 nitrogen and oxygen atoms in total. The van der Waals surface area contributed by atoms with Gasteiger partial charge in [0, 0.05) is 13.1 Å². The van der Waals surface area contributed by atoms with E-state index < -0.39 is 0 Å². The molecule has 1 fully saturated rings. The molecular formula is C16H24FNO. The summed E-state index contributed by atoms with van der Waals surface area (Å²) in [6, 6.07) is 5.17. The summed E-state index contributed by atoms with van der Waals surface area (Å²) in [6.45, 7) is 4.04. The maximum atomic E-state index is 13.6. The second-order valence-corrected chi connectivity index (χ2v) is 5.63. The molecule has 0 saturated heterocycles. The molecule has 1 N–H and O–H groups in total. The van der Waals surface area contributed by atoms with Crippen LogP contribution in [0.1, 0.15) is 44.6 Å². The number of nitrogens with one attached hydrogen (secondary N) is 1. The van der Waals surface area contributed by atoms with Gasteiger partial charge < -0.3 is 10.1 Å². The zero-order valence-corrected chi connectivity index (χ0v) is 12.0. The van der Waals surface area contributed by atoms with Crippen LogP contribution in [-0.2, 0) is 6.54 Å². The average Bonchev–Trinajstić information content (AvgIpc) is 2.88. The van der Waals surface area contributed by atoms with Gasteiger partial charge in [-0.2, -0.15) is 0 Å². The molecule has 0 bridgehead atoms. The Morgan fingerprint density at radius 1 is 1.32 bits per heavy atom. The largest absolute Gasteiger partial charge is 0.494 e. The van der Waals surface area contributed by atoms with Crippen LogP contribution in [0.2, 0.25) is 0 Å². The van der Waals surface area contributed by atoms with Gasteiger partial charge in [-0.05, 0) is 42.4 Å². The fourth-order valence-electron chi connectivity index (χ4n) is 3.07. The fourth-order valence-corrected chi connectivity index (χ4v) is 3.07. The lowest BCUT2D eigenvalue weighted by atomic mass is 9.83. The van der Waals surface area contributed by atoms with Crippen LogP contribution in [0, 0.1) is 11.2 Å². The third kappa shape index (κ3) is 3.47. The Kier molecular flexibility index (Phi) is 4.81. The van der Waals surface area contributed by atoms with Crippen molar-refractivity contribution in [2.75, 3.05) is 13.7 Å². The number of hydrogen-bond donors (Lipinski definition) is 1. The monoisotopic (exact) mass is 265 g/mol. The average molecular weight is 265 g/mol. The summed E-state index contributed by atoms with van der Waals surface area (Å²) >= 11 is 0. The van der Waals surface area contributed by atoms with Crippen molar-refractivity contribution >= 4 is 0 Å². The van der Waals surface area contributed by atoms with E-state index in [4.69, 9.17) is 4.74 Å². The van der Waals surface area contributed by atoms with Gasteiger partial charge in [0.2, 0.25) is 0 Å². The number of halogens is 1. The van der Waals surface area contributed by atoms with E-state index in [-0.39, 0.29) is 5.82 Å². The molecule has 0 heterocycles. The summed E-state index contributed by atoms with van der Waals surface area (Å²) in [7, 11) is 1.49. The number of ether oxygens (including phenoxy) is 1. The smallest absolute Gasteiger partial charge is 0.165 e. The number of benzene rings is 1. The van der Waals surface area contributed by atoms with E-state index in [1.165, 1.54) is 39.2 Å². The Labute approximate surface area is 115 Å². The van der Waals surface area contributed by atoms with Crippen molar-refractivity contribution in [1.82, 2.24) is 5.32 Å². The van der Waals surface area contributed by atoms with Gasteiger partial charge in [-0.3, -0.25) is 0 Å². The predicted molar refractivity (Wildman–Crippen MR) is 75.9 cm³/mol. The van der Waals surface area contributed by atoms with Crippen LogP contribution < -0.4 is 10.1 Å². The summed E-state index contributed by atoms with van der Waals surface area (Å²) in [5.74, 6) is 0.0254. The van der Waals surface area contributed by atoms with Crippen molar-refractivity contribution in [3.8, 4) is 5.75 Å². The Morgan fingerprint density at radius 2 is 2.05 bits per heavy atom. The molecule has 1 aliphatic carbocycles. The molecule has 0 aliphatic heterocycles. The summed E-state index contributed by atoms with van der Waals surface area (Å²) in [5, 5.41) is 3.49. The molecule has 0 unspecified atom stereocenters. The van der Waals surface area contributed by atoms with Crippen LogP contribution in [-0.4, -0.2) is 13.7 Å². The fraction of sp³-hybridized carbons (Fsp3) is 0.625. The van der Waals surface area contributed by atoms with Crippen LogP contribution in [0.4, 0.5) is 4.39 Å². The maximum absolute atomic E-state index is 13.6. The Bertz CT molecular complexity index is 413. The Hall–Kier alpha value is -1.09. The molecule has 1 aliphatic rings. The van der Waals surface area contributed by atoms with Gasteiger partial charge >= 0.3 is 0 Å². The minimum absolute atomic E-state index is 0.284. The molecule has 1 aromatic rings. The predicted octanol–water partition coefficient (Wildman–Crippen LogP) is 3.89. The number of rotatable bonds is 6. The summed E-state index contributed by atoms with van der Waals surface area (Å²) in [5.41, 5.74) is 1.45. The standard InChI is InChI=1S/C16H24FNO/c1-3-16(8-4-5-9-16)12-18-11-13-6-7-15(19-2)14(17)10-13/h6-7,10,18H,3-5,8-9,11-12H2,1-2H3. The lowest BCUT2D eigenvalue weighted by Gasteiger charge is -2.27. The zero-order chi connectivity index (χ0) is 13.7. The van der Waals surface area contributed by atoms with Crippen molar-refractivity contribution in [2.24, 2.45) is 5.41 Å². The molecule has 106 valence electrons. The topological polar surface area (TPSA) is 21.3 Å². The molecule has 1 saturated carbocycles. The van der Waals surface area contributed by atoms with E-state index in [0.717, 1.165) is 18.7 Å². The van der Waals surface area contributed by atoms with Crippen LogP contribution in [0.3, 0.4) is 0 Å².